The molecule has 1 amide bonds. The van der Waals surface area contributed by atoms with Crippen molar-refractivity contribution in [2.75, 3.05) is 0 Å². The molecular weight excluding hydrogens is 351 g/mol. The Morgan fingerprint density at radius 1 is 1.33 bits per heavy atom. The molecular formula is C14H15BrF3NO2. The number of rotatable bonds is 2. The number of hydrogen-bond acceptors (Lipinski definition) is 2. The van der Waals surface area contributed by atoms with E-state index in [4.69, 9.17) is 0 Å². The highest BCUT2D eigenvalue weighted by Crippen LogP contribution is 2.35. The Balaban J connectivity index is 2.12. The lowest BCUT2D eigenvalue weighted by Crippen LogP contribution is -2.39. The molecule has 1 aliphatic carbocycles. The van der Waals surface area contributed by atoms with Crippen molar-refractivity contribution in [3.05, 3.63) is 33.8 Å². The van der Waals surface area contributed by atoms with Gasteiger partial charge >= 0.3 is 6.18 Å². The zero-order valence-electron chi connectivity index (χ0n) is 11.1. The van der Waals surface area contributed by atoms with Crippen molar-refractivity contribution in [3.63, 3.8) is 0 Å². The molecule has 0 aromatic heterocycles. The summed E-state index contributed by atoms with van der Waals surface area (Å²) >= 11 is 2.84. The van der Waals surface area contributed by atoms with Crippen molar-refractivity contribution in [2.45, 2.75) is 44.0 Å². The summed E-state index contributed by atoms with van der Waals surface area (Å²) in [6, 6.07) is 3.19. The largest absolute Gasteiger partial charge is 0.417 e. The quantitative estimate of drug-likeness (QED) is 0.842. The van der Waals surface area contributed by atoms with Crippen LogP contribution in [-0.4, -0.2) is 23.2 Å². The lowest BCUT2D eigenvalue weighted by atomic mass is 9.93. The average molecular weight is 366 g/mol. The standard InChI is InChI=1S/C14H15BrF3NO2/c15-12-5-4-8(6-11(12)14(16,17)18)13(21)19-9-2-1-3-10(20)7-9/h4-6,9-10,20H,1-3,7H2,(H,19,21). The second-order valence-electron chi connectivity index (χ2n) is 5.18. The van der Waals surface area contributed by atoms with Crippen LogP contribution >= 0.6 is 15.9 Å². The van der Waals surface area contributed by atoms with Crippen molar-refractivity contribution in [1.82, 2.24) is 5.32 Å². The lowest BCUT2D eigenvalue weighted by molar-refractivity contribution is -0.138. The summed E-state index contributed by atoms with van der Waals surface area (Å²) < 4.78 is 38.3. The third kappa shape index (κ3) is 4.20. The molecule has 1 aliphatic rings. The van der Waals surface area contributed by atoms with Crippen LogP contribution in [0.5, 0.6) is 0 Å². The molecule has 3 nitrogen and oxygen atoms in total. The summed E-state index contributed by atoms with van der Waals surface area (Å²) in [5, 5.41) is 12.2. The number of halogens is 4. The third-order valence-corrected chi connectivity index (χ3v) is 4.21. The number of benzene rings is 1. The fraction of sp³-hybridized carbons (Fsp3) is 0.500. The molecule has 2 unspecified atom stereocenters. The summed E-state index contributed by atoms with van der Waals surface area (Å²) in [7, 11) is 0. The zero-order valence-corrected chi connectivity index (χ0v) is 12.7. The van der Waals surface area contributed by atoms with Crippen molar-refractivity contribution in [2.24, 2.45) is 0 Å². The molecule has 1 saturated carbocycles. The second-order valence-corrected chi connectivity index (χ2v) is 6.04. The zero-order chi connectivity index (χ0) is 15.6. The van der Waals surface area contributed by atoms with Crippen molar-refractivity contribution in [3.8, 4) is 0 Å². The molecule has 7 heteroatoms. The molecule has 1 fully saturated rings. The molecule has 0 bridgehead atoms. The van der Waals surface area contributed by atoms with E-state index >= 15 is 0 Å². The van der Waals surface area contributed by atoms with E-state index in [-0.39, 0.29) is 16.1 Å². The summed E-state index contributed by atoms with van der Waals surface area (Å²) in [5.41, 5.74) is -0.913. The van der Waals surface area contributed by atoms with Crippen LogP contribution in [0, 0.1) is 0 Å². The van der Waals surface area contributed by atoms with Crippen LogP contribution in [0.15, 0.2) is 22.7 Å². The van der Waals surface area contributed by atoms with E-state index in [0.717, 1.165) is 18.9 Å². The van der Waals surface area contributed by atoms with Gasteiger partial charge in [-0.3, -0.25) is 4.79 Å². The Hall–Kier alpha value is -1.08. The molecule has 0 spiro atoms. The molecule has 0 aliphatic heterocycles. The van der Waals surface area contributed by atoms with Gasteiger partial charge in [0.15, 0.2) is 0 Å². The van der Waals surface area contributed by atoms with Gasteiger partial charge < -0.3 is 10.4 Å². The highest BCUT2D eigenvalue weighted by atomic mass is 79.9. The Labute approximate surface area is 128 Å². The van der Waals surface area contributed by atoms with Crippen LogP contribution in [0.2, 0.25) is 0 Å². The Morgan fingerprint density at radius 2 is 2.05 bits per heavy atom. The minimum Gasteiger partial charge on any atom is -0.393 e. The van der Waals surface area contributed by atoms with Crippen LogP contribution in [0.4, 0.5) is 13.2 Å². The SMILES string of the molecule is O=C(NC1CCCC(O)C1)c1ccc(Br)c(C(F)(F)F)c1. The predicted molar refractivity (Wildman–Crippen MR) is 74.9 cm³/mol. The third-order valence-electron chi connectivity index (χ3n) is 3.52. The minimum absolute atomic E-state index is 0.0365. The highest BCUT2D eigenvalue weighted by Gasteiger charge is 2.33. The van der Waals surface area contributed by atoms with Crippen LogP contribution in [0.1, 0.15) is 41.6 Å². The number of alkyl halides is 3. The average Bonchev–Trinajstić information content (AvgIpc) is 2.37. The van der Waals surface area contributed by atoms with Gasteiger partial charge in [-0.15, -0.1) is 0 Å². The second kappa shape index (κ2) is 6.36. The van der Waals surface area contributed by atoms with E-state index in [1.165, 1.54) is 12.1 Å². The Kier molecular flexibility index (Phi) is 4.93. The van der Waals surface area contributed by atoms with Gasteiger partial charge in [-0.2, -0.15) is 13.2 Å². The maximum Gasteiger partial charge on any atom is 0.417 e. The summed E-state index contributed by atoms with van der Waals surface area (Å²) in [5.74, 6) is -0.549. The van der Waals surface area contributed by atoms with E-state index in [2.05, 4.69) is 21.2 Å². The van der Waals surface area contributed by atoms with E-state index in [1.807, 2.05) is 0 Å². The first kappa shape index (κ1) is 16.3. The van der Waals surface area contributed by atoms with E-state index in [0.29, 0.717) is 12.8 Å². The summed E-state index contributed by atoms with van der Waals surface area (Å²) in [6.07, 6.45) is -2.32. The van der Waals surface area contributed by atoms with E-state index in [1.54, 1.807) is 0 Å². The molecule has 0 saturated heterocycles. The molecule has 0 heterocycles. The Bertz CT molecular complexity index is 533. The topological polar surface area (TPSA) is 49.3 Å². The van der Waals surface area contributed by atoms with Gasteiger partial charge in [-0.05, 0) is 43.9 Å². The number of aliphatic hydroxyl groups excluding tert-OH is 1. The molecule has 21 heavy (non-hydrogen) atoms. The summed E-state index contributed by atoms with van der Waals surface area (Å²) in [6.45, 7) is 0. The number of carbonyl (C=O) groups excluding carboxylic acids is 1. The van der Waals surface area contributed by atoms with Crippen LogP contribution in [-0.2, 0) is 6.18 Å². The fourth-order valence-electron chi connectivity index (χ4n) is 2.45. The molecule has 1 aromatic rings. The first-order chi connectivity index (χ1) is 9.77. The van der Waals surface area contributed by atoms with Gasteiger partial charge in [0.05, 0.1) is 11.7 Å². The van der Waals surface area contributed by atoms with E-state index in [9.17, 15) is 23.1 Å². The highest BCUT2D eigenvalue weighted by molar-refractivity contribution is 9.10. The van der Waals surface area contributed by atoms with Crippen molar-refractivity contribution >= 4 is 21.8 Å². The minimum atomic E-state index is -4.52. The van der Waals surface area contributed by atoms with Gasteiger partial charge in [-0.25, -0.2) is 0 Å². The monoisotopic (exact) mass is 365 g/mol. The van der Waals surface area contributed by atoms with Crippen LogP contribution in [0.3, 0.4) is 0 Å². The number of carbonyl (C=O) groups is 1. The molecule has 2 rings (SSSR count). The van der Waals surface area contributed by atoms with Gasteiger partial charge in [0.1, 0.15) is 0 Å². The number of aliphatic hydroxyl groups is 1. The van der Waals surface area contributed by atoms with Gasteiger partial charge in [0, 0.05) is 16.1 Å². The number of nitrogens with one attached hydrogen (secondary N) is 1. The van der Waals surface area contributed by atoms with Crippen molar-refractivity contribution in [1.29, 1.82) is 0 Å². The smallest absolute Gasteiger partial charge is 0.393 e. The molecule has 0 radical (unpaired) electrons. The normalized spacial score (nSPS) is 22.9. The van der Waals surface area contributed by atoms with Gasteiger partial charge in [0.25, 0.3) is 5.91 Å². The van der Waals surface area contributed by atoms with Crippen molar-refractivity contribution < 1.29 is 23.1 Å². The number of hydrogen-bond donors (Lipinski definition) is 2. The molecule has 1 aromatic carbocycles. The molecule has 2 atom stereocenters. The fourth-order valence-corrected chi connectivity index (χ4v) is 2.92. The Morgan fingerprint density at radius 3 is 2.67 bits per heavy atom. The number of amides is 1. The maximum atomic E-state index is 12.8. The first-order valence-electron chi connectivity index (χ1n) is 6.63. The van der Waals surface area contributed by atoms with Gasteiger partial charge in [0.2, 0.25) is 0 Å². The van der Waals surface area contributed by atoms with Crippen LogP contribution < -0.4 is 5.32 Å². The first-order valence-corrected chi connectivity index (χ1v) is 7.42. The summed E-state index contributed by atoms with van der Waals surface area (Å²) in [4.78, 5) is 12.0. The molecule has 116 valence electrons. The van der Waals surface area contributed by atoms with Gasteiger partial charge in [-0.1, -0.05) is 15.9 Å². The van der Waals surface area contributed by atoms with E-state index < -0.39 is 23.8 Å². The van der Waals surface area contributed by atoms with Crippen LogP contribution in [0.25, 0.3) is 0 Å². The maximum absolute atomic E-state index is 12.8. The molecule has 2 N–H and O–H groups in total. The predicted octanol–water partition coefficient (Wildman–Crippen LogP) is 3.50. The lowest BCUT2D eigenvalue weighted by Gasteiger charge is -2.26.